The molecule has 0 bridgehead atoms. The van der Waals surface area contributed by atoms with E-state index in [-0.39, 0.29) is 21.9 Å². The topological polar surface area (TPSA) is 88.5 Å². The van der Waals surface area contributed by atoms with Crippen molar-refractivity contribution in [3.8, 4) is 0 Å². The van der Waals surface area contributed by atoms with Crippen molar-refractivity contribution in [2.45, 2.75) is 64.4 Å². The summed E-state index contributed by atoms with van der Waals surface area (Å²) in [6.07, 6.45) is 6.30. The van der Waals surface area contributed by atoms with Gasteiger partial charge in [-0.25, -0.2) is 8.42 Å². The molecule has 1 fully saturated rings. The van der Waals surface area contributed by atoms with E-state index in [1.54, 1.807) is 36.8 Å². The quantitative estimate of drug-likeness (QED) is 0.591. The van der Waals surface area contributed by atoms with Gasteiger partial charge in [-0.3, -0.25) is 9.59 Å². The molecule has 1 saturated carbocycles. The predicted octanol–water partition coefficient (Wildman–Crippen LogP) is 3.77. The number of rotatable bonds is 8. The first kappa shape index (κ1) is 25.2. The van der Waals surface area contributed by atoms with Crippen molar-refractivity contribution in [2.24, 2.45) is 11.8 Å². The fourth-order valence-electron chi connectivity index (χ4n) is 4.73. The molecule has 0 saturated heterocycles. The highest BCUT2D eigenvalue weighted by molar-refractivity contribution is 7.89. The number of carbonyl (C=O) groups is 1. The van der Waals surface area contributed by atoms with Crippen molar-refractivity contribution in [1.82, 2.24) is 14.2 Å². The molecule has 8 heteroatoms. The maximum absolute atomic E-state index is 13.4. The normalized spacial score (nSPS) is 21.3. The zero-order valence-corrected chi connectivity index (χ0v) is 20.8. The summed E-state index contributed by atoms with van der Waals surface area (Å²) in [4.78, 5) is 26.6. The minimum Gasteiger partial charge on any atom is -0.349 e. The van der Waals surface area contributed by atoms with Crippen molar-refractivity contribution >= 4 is 26.8 Å². The minimum atomic E-state index is -3.74. The summed E-state index contributed by atoms with van der Waals surface area (Å²) >= 11 is 0. The highest BCUT2D eigenvalue weighted by Crippen LogP contribution is 2.29. The van der Waals surface area contributed by atoms with Gasteiger partial charge in [0.05, 0.1) is 10.4 Å². The van der Waals surface area contributed by atoms with E-state index in [2.05, 4.69) is 25.7 Å². The van der Waals surface area contributed by atoms with Gasteiger partial charge in [0, 0.05) is 37.3 Å². The number of pyridine rings is 1. The average Bonchev–Trinajstić information content (AvgIpc) is 2.79. The van der Waals surface area contributed by atoms with Gasteiger partial charge in [0.1, 0.15) is 5.56 Å². The molecular weight excluding hydrogens is 438 g/mol. The molecule has 0 aliphatic heterocycles. The van der Waals surface area contributed by atoms with Gasteiger partial charge in [-0.15, -0.1) is 6.58 Å². The fraction of sp³-hybridized carbons (Fsp3) is 0.520. The summed E-state index contributed by atoms with van der Waals surface area (Å²) in [5, 5.41) is 3.28. The molecule has 0 unspecified atom stereocenters. The Hall–Kier alpha value is -2.45. The van der Waals surface area contributed by atoms with Crippen LogP contribution in [0.5, 0.6) is 0 Å². The molecule has 0 spiro atoms. The summed E-state index contributed by atoms with van der Waals surface area (Å²) in [5.41, 5.74) is 0.123. The standard InChI is InChI=1S/C25H35N3O4S/c1-6-14-27-16-21(25(30)26-22-11-9-10-17(4)18(22)5)24(29)20-15-19(12-13-23(20)27)33(31,32)28(7-2)8-3/h6,12-13,15-18,22H,1,7-11,14H2,2-5H3,(H,26,30)/t17-,18+,22+/m0/s1. The Morgan fingerprint density at radius 3 is 2.58 bits per heavy atom. The van der Waals surface area contributed by atoms with Crippen molar-refractivity contribution < 1.29 is 13.2 Å². The Bertz CT molecular complexity index is 1200. The second-order valence-electron chi connectivity index (χ2n) is 8.93. The van der Waals surface area contributed by atoms with Crippen molar-refractivity contribution in [3.63, 3.8) is 0 Å². The number of nitrogens with one attached hydrogen (secondary N) is 1. The van der Waals surface area contributed by atoms with Crippen LogP contribution >= 0.6 is 0 Å². The second-order valence-corrected chi connectivity index (χ2v) is 10.9. The molecule has 7 nitrogen and oxygen atoms in total. The monoisotopic (exact) mass is 473 g/mol. The van der Waals surface area contributed by atoms with Crippen LogP contribution in [0.15, 0.2) is 46.7 Å². The summed E-state index contributed by atoms with van der Waals surface area (Å²) in [6.45, 7) is 12.7. The molecule has 1 N–H and O–H groups in total. The first-order chi connectivity index (χ1) is 15.6. The Kier molecular flexibility index (Phi) is 7.80. The van der Waals surface area contributed by atoms with E-state index in [4.69, 9.17) is 0 Å². The van der Waals surface area contributed by atoms with Crippen LogP contribution in [0.25, 0.3) is 10.9 Å². The lowest BCUT2D eigenvalue weighted by Crippen LogP contribution is -2.45. The lowest BCUT2D eigenvalue weighted by molar-refractivity contribution is 0.0889. The van der Waals surface area contributed by atoms with Crippen molar-refractivity contribution in [1.29, 1.82) is 0 Å². The van der Waals surface area contributed by atoms with Crippen LogP contribution in [0.4, 0.5) is 0 Å². The lowest BCUT2D eigenvalue weighted by Gasteiger charge is -2.34. The molecule has 1 heterocycles. The predicted molar refractivity (Wildman–Crippen MR) is 132 cm³/mol. The van der Waals surface area contributed by atoms with E-state index in [1.807, 2.05) is 0 Å². The van der Waals surface area contributed by atoms with Gasteiger partial charge in [0.15, 0.2) is 0 Å². The van der Waals surface area contributed by atoms with E-state index in [0.717, 1.165) is 19.3 Å². The number of aromatic nitrogens is 1. The number of nitrogens with zero attached hydrogens (tertiary/aromatic N) is 2. The number of amides is 1. The van der Waals surface area contributed by atoms with E-state index in [9.17, 15) is 18.0 Å². The Morgan fingerprint density at radius 1 is 1.24 bits per heavy atom. The lowest BCUT2D eigenvalue weighted by atomic mass is 9.78. The van der Waals surface area contributed by atoms with Crippen molar-refractivity contribution in [3.05, 3.63) is 52.8 Å². The number of sulfonamides is 1. The number of fused-ring (bicyclic) bond motifs is 1. The highest BCUT2D eigenvalue weighted by atomic mass is 32.2. The molecule has 1 aliphatic rings. The highest BCUT2D eigenvalue weighted by Gasteiger charge is 2.29. The first-order valence-electron chi connectivity index (χ1n) is 11.7. The Labute approximate surface area is 196 Å². The summed E-state index contributed by atoms with van der Waals surface area (Å²) in [5.74, 6) is 0.415. The van der Waals surface area contributed by atoms with Crippen LogP contribution in [0.1, 0.15) is 57.3 Å². The summed E-state index contributed by atoms with van der Waals surface area (Å²) in [6, 6.07) is 4.55. The van der Waals surface area contributed by atoms with Crippen LogP contribution < -0.4 is 10.7 Å². The van der Waals surface area contributed by atoms with Crippen LogP contribution in [0.3, 0.4) is 0 Å². The van der Waals surface area contributed by atoms with E-state index in [0.29, 0.717) is 37.0 Å². The Balaban J connectivity index is 2.10. The average molecular weight is 474 g/mol. The molecular formula is C25H35N3O4S. The van der Waals surface area contributed by atoms with Crippen LogP contribution in [0.2, 0.25) is 0 Å². The number of carbonyl (C=O) groups excluding carboxylic acids is 1. The van der Waals surface area contributed by atoms with Crippen LogP contribution in [-0.4, -0.2) is 42.3 Å². The van der Waals surface area contributed by atoms with Gasteiger partial charge in [0.2, 0.25) is 15.5 Å². The molecule has 3 atom stereocenters. The summed E-state index contributed by atoms with van der Waals surface area (Å²) in [7, 11) is -3.74. The zero-order valence-electron chi connectivity index (χ0n) is 20.0. The molecule has 1 aromatic heterocycles. The molecule has 2 aromatic rings. The maximum Gasteiger partial charge on any atom is 0.257 e. The first-order valence-corrected chi connectivity index (χ1v) is 13.2. The van der Waals surface area contributed by atoms with Crippen molar-refractivity contribution in [2.75, 3.05) is 13.1 Å². The van der Waals surface area contributed by atoms with Gasteiger partial charge in [-0.05, 0) is 36.5 Å². The molecule has 0 radical (unpaired) electrons. The number of benzene rings is 1. The maximum atomic E-state index is 13.4. The largest absolute Gasteiger partial charge is 0.349 e. The molecule has 1 aromatic carbocycles. The van der Waals surface area contributed by atoms with E-state index >= 15 is 0 Å². The van der Waals surface area contributed by atoms with Gasteiger partial charge in [0.25, 0.3) is 5.91 Å². The van der Waals surface area contributed by atoms with Gasteiger partial charge >= 0.3 is 0 Å². The third kappa shape index (κ3) is 4.92. The van der Waals surface area contributed by atoms with E-state index in [1.165, 1.54) is 16.4 Å². The van der Waals surface area contributed by atoms with E-state index < -0.39 is 21.4 Å². The van der Waals surface area contributed by atoms with Gasteiger partial charge in [-0.2, -0.15) is 4.31 Å². The Morgan fingerprint density at radius 2 is 1.94 bits per heavy atom. The molecule has 1 amide bonds. The number of allylic oxidation sites excluding steroid dienone is 1. The van der Waals surface area contributed by atoms with Gasteiger partial charge in [-0.1, -0.05) is 46.6 Å². The molecule has 1 aliphatic carbocycles. The number of hydrogen-bond donors (Lipinski definition) is 1. The summed E-state index contributed by atoms with van der Waals surface area (Å²) < 4.78 is 29.2. The molecule has 180 valence electrons. The molecule has 3 rings (SSSR count). The van der Waals surface area contributed by atoms with Gasteiger partial charge < -0.3 is 9.88 Å². The van der Waals surface area contributed by atoms with Crippen LogP contribution in [0, 0.1) is 11.8 Å². The smallest absolute Gasteiger partial charge is 0.257 e. The van der Waals surface area contributed by atoms with Crippen LogP contribution in [-0.2, 0) is 16.6 Å². The minimum absolute atomic E-state index is 0.0126. The zero-order chi connectivity index (χ0) is 24.3. The fourth-order valence-corrected chi connectivity index (χ4v) is 6.22. The SMILES string of the molecule is C=CCn1cc(C(=O)N[C@@H]2CCC[C@H](C)[C@H]2C)c(=O)c2cc(S(=O)(=O)N(CC)CC)ccc21. The molecule has 33 heavy (non-hydrogen) atoms. The number of hydrogen-bond acceptors (Lipinski definition) is 4. The third-order valence-electron chi connectivity index (χ3n) is 6.99. The second kappa shape index (κ2) is 10.2. The third-order valence-corrected chi connectivity index (χ3v) is 9.03.